The molecule has 0 aliphatic heterocycles. The molecule has 4 nitrogen and oxygen atoms in total. The molecule has 10 heteroatoms. The summed E-state index contributed by atoms with van der Waals surface area (Å²) >= 11 is 0. The topological polar surface area (TPSA) is 51.5 Å². The Hall–Kier alpha value is -3.95. The van der Waals surface area contributed by atoms with Crippen molar-refractivity contribution in [2.24, 2.45) is 0 Å². The van der Waals surface area contributed by atoms with Crippen LogP contribution in [0, 0.1) is 0 Å². The minimum atomic E-state index is -5.04. The SMILES string of the molecule is O=C(O)Cc1cn(Cc2ccc(Oc3c(C(F)(F)F)cccc3C(F)(F)F)cc2)c2ccccc12. The van der Waals surface area contributed by atoms with Crippen LogP contribution in [-0.2, 0) is 30.1 Å². The number of benzene rings is 3. The first-order valence-corrected chi connectivity index (χ1v) is 10.3. The zero-order chi connectivity index (χ0) is 25.4. The number of aromatic nitrogens is 1. The molecule has 0 spiro atoms. The van der Waals surface area contributed by atoms with Crippen LogP contribution < -0.4 is 4.74 Å². The molecule has 0 aliphatic carbocycles. The van der Waals surface area contributed by atoms with Gasteiger partial charge in [0.2, 0.25) is 0 Å². The van der Waals surface area contributed by atoms with Gasteiger partial charge in [-0.1, -0.05) is 36.4 Å². The minimum Gasteiger partial charge on any atom is -0.481 e. The first kappa shape index (κ1) is 24.2. The molecule has 1 heterocycles. The first-order chi connectivity index (χ1) is 16.4. The lowest BCUT2D eigenvalue weighted by molar-refractivity contribution is -0.145. The van der Waals surface area contributed by atoms with Gasteiger partial charge in [0, 0.05) is 23.6 Å². The van der Waals surface area contributed by atoms with Crippen molar-refractivity contribution in [2.75, 3.05) is 0 Å². The molecule has 0 radical (unpaired) electrons. The Bertz CT molecular complexity index is 1340. The number of hydrogen-bond acceptors (Lipinski definition) is 2. The molecule has 182 valence electrons. The molecule has 0 saturated carbocycles. The van der Waals surface area contributed by atoms with E-state index in [1.54, 1.807) is 24.4 Å². The first-order valence-electron chi connectivity index (χ1n) is 10.3. The molecule has 4 aromatic rings. The molecule has 0 fully saturated rings. The number of aliphatic carboxylic acids is 1. The number of alkyl halides is 6. The molecule has 0 aliphatic rings. The smallest absolute Gasteiger partial charge is 0.420 e. The highest BCUT2D eigenvalue weighted by Crippen LogP contribution is 2.45. The summed E-state index contributed by atoms with van der Waals surface area (Å²) in [6.07, 6.45) is -8.54. The van der Waals surface area contributed by atoms with Crippen LogP contribution >= 0.6 is 0 Å². The van der Waals surface area contributed by atoms with Gasteiger partial charge in [-0.15, -0.1) is 0 Å². The molecule has 0 atom stereocenters. The average Bonchev–Trinajstić information content (AvgIpc) is 3.10. The van der Waals surface area contributed by atoms with Gasteiger partial charge in [-0.05, 0) is 41.5 Å². The Balaban J connectivity index is 1.63. The molecule has 0 unspecified atom stereocenters. The van der Waals surface area contributed by atoms with Crippen molar-refractivity contribution in [1.29, 1.82) is 0 Å². The predicted octanol–water partition coefficient (Wildman–Crippen LogP) is 7.15. The largest absolute Gasteiger partial charge is 0.481 e. The van der Waals surface area contributed by atoms with Crippen molar-refractivity contribution < 1.29 is 41.0 Å². The van der Waals surface area contributed by atoms with Gasteiger partial charge in [-0.2, -0.15) is 26.3 Å². The number of nitrogens with zero attached hydrogens (tertiary/aromatic N) is 1. The van der Waals surface area contributed by atoms with Gasteiger partial charge in [-0.3, -0.25) is 4.79 Å². The number of carboxylic acids is 1. The highest BCUT2D eigenvalue weighted by Gasteiger charge is 2.42. The Kier molecular flexibility index (Phi) is 6.23. The molecule has 4 rings (SSSR count). The molecular weight excluding hydrogens is 476 g/mol. The normalized spacial score (nSPS) is 12.2. The molecule has 35 heavy (non-hydrogen) atoms. The third-order valence-corrected chi connectivity index (χ3v) is 5.33. The number of carboxylic acid groups (broad SMARTS) is 1. The second-order valence-corrected chi connectivity index (χ2v) is 7.79. The zero-order valence-electron chi connectivity index (χ0n) is 17.8. The fourth-order valence-corrected chi connectivity index (χ4v) is 3.83. The highest BCUT2D eigenvalue weighted by molar-refractivity contribution is 5.87. The van der Waals surface area contributed by atoms with Gasteiger partial charge in [0.15, 0.2) is 5.75 Å². The quantitative estimate of drug-likeness (QED) is 0.290. The lowest BCUT2D eigenvalue weighted by Gasteiger charge is -2.19. The minimum absolute atomic E-state index is 0.166. The summed E-state index contributed by atoms with van der Waals surface area (Å²) in [7, 11) is 0. The van der Waals surface area contributed by atoms with Crippen molar-refractivity contribution in [2.45, 2.75) is 25.3 Å². The van der Waals surface area contributed by atoms with Gasteiger partial charge in [0.05, 0.1) is 17.5 Å². The third-order valence-electron chi connectivity index (χ3n) is 5.33. The number of fused-ring (bicyclic) bond motifs is 1. The van der Waals surface area contributed by atoms with E-state index < -0.39 is 35.2 Å². The van der Waals surface area contributed by atoms with Crippen molar-refractivity contribution in [1.82, 2.24) is 4.57 Å². The van der Waals surface area contributed by atoms with Gasteiger partial charge >= 0.3 is 18.3 Å². The second kappa shape index (κ2) is 9.01. The van der Waals surface area contributed by atoms with Crippen LogP contribution in [0.3, 0.4) is 0 Å². The number of carbonyl (C=O) groups is 1. The van der Waals surface area contributed by atoms with Crippen molar-refractivity contribution in [3.8, 4) is 11.5 Å². The fraction of sp³-hybridized carbons (Fsp3) is 0.160. The molecule has 0 amide bonds. The predicted molar refractivity (Wildman–Crippen MR) is 115 cm³/mol. The van der Waals surface area contributed by atoms with Crippen LogP contribution in [0.15, 0.2) is 72.9 Å². The number of hydrogen-bond donors (Lipinski definition) is 1. The Morgan fingerprint density at radius 1 is 0.829 bits per heavy atom. The van der Waals surface area contributed by atoms with Crippen molar-refractivity contribution in [3.63, 3.8) is 0 Å². The standard InChI is InChI=1S/C25H17F6NO3/c26-24(27,28)19-5-3-6-20(25(29,30)31)23(19)35-17-10-8-15(9-11-17)13-32-14-16(12-22(33)34)18-4-1-2-7-21(18)32/h1-11,14H,12-13H2,(H,33,34). The van der Waals surface area contributed by atoms with Crippen molar-refractivity contribution in [3.05, 3.63) is 95.2 Å². The number of rotatable bonds is 6. The number of halogens is 6. The van der Waals surface area contributed by atoms with Crippen LogP contribution in [-0.4, -0.2) is 15.6 Å². The maximum Gasteiger partial charge on any atom is 0.420 e. The number of ether oxygens (including phenoxy) is 1. The lowest BCUT2D eigenvalue weighted by atomic mass is 10.1. The van der Waals surface area contributed by atoms with E-state index in [4.69, 9.17) is 9.84 Å². The zero-order valence-corrected chi connectivity index (χ0v) is 17.8. The van der Waals surface area contributed by atoms with E-state index >= 15 is 0 Å². The van der Waals surface area contributed by atoms with Gasteiger partial charge in [0.1, 0.15) is 5.75 Å². The van der Waals surface area contributed by atoms with Crippen LogP contribution in [0.25, 0.3) is 10.9 Å². The lowest BCUT2D eigenvalue weighted by Crippen LogP contribution is -2.13. The summed E-state index contributed by atoms with van der Waals surface area (Å²) in [5.74, 6) is -2.48. The summed E-state index contributed by atoms with van der Waals surface area (Å²) in [6.45, 7) is 0.299. The van der Waals surface area contributed by atoms with Gasteiger partial charge < -0.3 is 14.4 Å². The van der Waals surface area contributed by atoms with Crippen LogP contribution in [0.2, 0.25) is 0 Å². The second-order valence-electron chi connectivity index (χ2n) is 7.79. The van der Waals surface area contributed by atoms with Crippen LogP contribution in [0.5, 0.6) is 11.5 Å². The maximum atomic E-state index is 13.3. The van der Waals surface area contributed by atoms with Gasteiger partial charge in [-0.25, -0.2) is 0 Å². The molecular formula is C25H17F6NO3. The summed E-state index contributed by atoms with van der Waals surface area (Å²) in [4.78, 5) is 11.2. The summed E-state index contributed by atoms with van der Waals surface area (Å²) in [5.41, 5.74) is -0.961. The van der Waals surface area contributed by atoms with Crippen molar-refractivity contribution >= 4 is 16.9 Å². The third kappa shape index (κ3) is 5.26. The van der Waals surface area contributed by atoms with E-state index in [1.165, 1.54) is 24.3 Å². The monoisotopic (exact) mass is 493 g/mol. The molecule has 1 N–H and O–H groups in total. The summed E-state index contributed by atoms with van der Waals surface area (Å²) in [6, 6.07) is 14.6. The average molecular weight is 493 g/mol. The van der Waals surface area contributed by atoms with E-state index in [2.05, 4.69) is 0 Å². The van der Waals surface area contributed by atoms with E-state index in [1.807, 2.05) is 10.6 Å². The Morgan fingerprint density at radius 2 is 1.43 bits per heavy atom. The fourth-order valence-electron chi connectivity index (χ4n) is 3.83. The molecule has 0 saturated heterocycles. The van der Waals surface area contributed by atoms with Gasteiger partial charge in [0.25, 0.3) is 0 Å². The van der Waals surface area contributed by atoms with Crippen LogP contribution in [0.1, 0.15) is 22.3 Å². The highest BCUT2D eigenvalue weighted by atomic mass is 19.4. The Labute approximate surface area is 195 Å². The van der Waals surface area contributed by atoms with E-state index in [0.29, 0.717) is 35.9 Å². The molecule has 1 aromatic heterocycles. The van der Waals surface area contributed by atoms with E-state index in [9.17, 15) is 31.1 Å². The molecule has 0 bridgehead atoms. The maximum absolute atomic E-state index is 13.3. The number of para-hydroxylation sites is 2. The molecule has 3 aromatic carbocycles. The van der Waals surface area contributed by atoms with Crippen LogP contribution in [0.4, 0.5) is 26.3 Å². The summed E-state index contributed by atoms with van der Waals surface area (Å²) < 4.78 is 87.0. The Morgan fingerprint density at radius 3 is 2.00 bits per heavy atom. The van der Waals surface area contributed by atoms with E-state index in [-0.39, 0.29) is 12.2 Å². The van der Waals surface area contributed by atoms with E-state index in [0.717, 1.165) is 10.9 Å². The summed E-state index contributed by atoms with van der Waals surface area (Å²) in [5, 5.41) is 9.93.